The first-order valence-corrected chi connectivity index (χ1v) is 7.91. The first-order chi connectivity index (χ1) is 11.4. The van der Waals surface area contributed by atoms with Crippen molar-refractivity contribution in [2.75, 3.05) is 6.61 Å². The van der Waals surface area contributed by atoms with Crippen LogP contribution in [0.5, 0.6) is 11.5 Å². The first-order valence-electron chi connectivity index (χ1n) is 7.91. The van der Waals surface area contributed by atoms with Crippen molar-refractivity contribution in [3.05, 3.63) is 46.9 Å². The average Bonchev–Trinajstić information content (AvgIpc) is 2.85. The lowest BCUT2D eigenvalue weighted by molar-refractivity contribution is -0.0514. The number of hydrogen-bond donors (Lipinski definition) is 1. The highest BCUT2D eigenvalue weighted by Gasteiger charge is 2.14. The van der Waals surface area contributed by atoms with Gasteiger partial charge < -0.3 is 19.2 Å². The van der Waals surface area contributed by atoms with Crippen molar-refractivity contribution in [2.24, 2.45) is 0 Å². The molecular formula is C18H23F2NO3. The predicted octanol–water partition coefficient (Wildman–Crippen LogP) is 4.75. The molecule has 1 aromatic heterocycles. The molecule has 24 heavy (non-hydrogen) atoms. The van der Waals surface area contributed by atoms with Gasteiger partial charge in [-0.25, -0.2) is 0 Å². The summed E-state index contributed by atoms with van der Waals surface area (Å²) in [5.41, 5.74) is 2.03. The molecule has 0 fully saturated rings. The maximum atomic E-state index is 12.4. The van der Waals surface area contributed by atoms with Gasteiger partial charge in [-0.2, -0.15) is 8.78 Å². The van der Waals surface area contributed by atoms with E-state index in [1.807, 2.05) is 19.9 Å². The Morgan fingerprint density at radius 2 is 1.92 bits per heavy atom. The molecular weight excluding hydrogens is 316 g/mol. The molecule has 6 heteroatoms. The molecule has 0 radical (unpaired) electrons. The zero-order chi connectivity index (χ0) is 17.7. The fourth-order valence-corrected chi connectivity index (χ4v) is 2.59. The van der Waals surface area contributed by atoms with E-state index in [0.29, 0.717) is 18.9 Å². The van der Waals surface area contributed by atoms with Crippen LogP contribution in [0.2, 0.25) is 0 Å². The molecule has 0 aliphatic heterocycles. The Morgan fingerprint density at radius 1 is 1.17 bits per heavy atom. The van der Waals surface area contributed by atoms with Crippen LogP contribution in [-0.2, 0) is 6.54 Å². The van der Waals surface area contributed by atoms with Crippen LogP contribution < -0.4 is 14.8 Å². The lowest BCUT2D eigenvalue weighted by Gasteiger charge is -2.15. The van der Waals surface area contributed by atoms with Crippen molar-refractivity contribution in [2.45, 2.75) is 46.9 Å². The molecule has 0 spiro atoms. The second kappa shape index (κ2) is 8.15. The largest absolute Gasteiger partial charge is 0.490 e. The third kappa shape index (κ3) is 4.71. The van der Waals surface area contributed by atoms with E-state index in [-0.39, 0.29) is 11.8 Å². The number of halogens is 2. The summed E-state index contributed by atoms with van der Waals surface area (Å²) in [5, 5.41) is 3.39. The lowest BCUT2D eigenvalue weighted by Crippen LogP contribution is -2.18. The monoisotopic (exact) mass is 339 g/mol. The molecule has 0 aliphatic carbocycles. The van der Waals surface area contributed by atoms with E-state index < -0.39 is 6.61 Å². The van der Waals surface area contributed by atoms with Gasteiger partial charge in [0.1, 0.15) is 11.5 Å². The summed E-state index contributed by atoms with van der Waals surface area (Å²) in [6.07, 6.45) is 0. The molecule has 1 unspecified atom stereocenters. The summed E-state index contributed by atoms with van der Waals surface area (Å²) in [6, 6.07) is 7.08. The van der Waals surface area contributed by atoms with Crippen LogP contribution in [0.3, 0.4) is 0 Å². The molecule has 1 N–H and O–H groups in total. The van der Waals surface area contributed by atoms with Crippen molar-refractivity contribution < 1.29 is 22.7 Å². The van der Waals surface area contributed by atoms with Gasteiger partial charge >= 0.3 is 6.61 Å². The molecule has 4 nitrogen and oxygen atoms in total. The van der Waals surface area contributed by atoms with E-state index >= 15 is 0 Å². The number of aryl methyl sites for hydroxylation is 2. The second-order valence-electron chi connectivity index (χ2n) is 5.56. The average molecular weight is 339 g/mol. The van der Waals surface area contributed by atoms with Crippen LogP contribution in [0, 0.1) is 13.8 Å². The third-order valence-corrected chi connectivity index (χ3v) is 3.68. The molecule has 1 heterocycles. The van der Waals surface area contributed by atoms with E-state index in [0.717, 1.165) is 22.6 Å². The van der Waals surface area contributed by atoms with E-state index in [2.05, 4.69) is 17.0 Å². The minimum Gasteiger partial charge on any atom is -0.490 e. The maximum absolute atomic E-state index is 12.4. The molecule has 1 aromatic carbocycles. The van der Waals surface area contributed by atoms with Gasteiger partial charge in [-0.1, -0.05) is 6.07 Å². The number of furan rings is 1. The Bertz CT molecular complexity index is 670. The van der Waals surface area contributed by atoms with Crippen LogP contribution in [0.15, 0.2) is 28.7 Å². The number of nitrogens with one attached hydrogen (secondary N) is 1. The van der Waals surface area contributed by atoms with Gasteiger partial charge in [-0.05, 0) is 51.5 Å². The molecule has 0 saturated heterocycles. The number of rotatable bonds is 8. The van der Waals surface area contributed by atoms with E-state index in [9.17, 15) is 8.78 Å². The van der Waals surface area contributed by atoms with Gasteiger partial charge in [-0.15, -0.1) is 0 Å². The quantitative estimate of drug-likeness (QED) is 0.754. The summed E-state index contributed by atoms with van der Waals surface area (Å²) < 4.78 is 40.3. The lowest BCUT2D eigenvalue weighted by atomic mass is 10.1. The SMILES string of the molecule is CCOc1cc(CNC(C)c2cc(C)oc2C)ccc1OC(F)F. The number of ether oxygens (including phenoxy) is 2. The van der Waals surface area contributed by atoms with Gasteiger partial charge in [0, 0.05) is 18.2 Å². The highest BCUT2D eigenvalue weighted by molar-refractivity contribution is 5.43. The van der Waals surface area contributed by atoms with Crippen LogP contribution in [-0.4, -0.2) is 13.2 Å². The molecule has 132 valence electrons. The predicted molar refractivity (Wildman–Crippen MR) is 87.7 cm³/mol. The third-order valence-electron chi connectivity index (χ3n) is 3.68. The Hall–Kier alpha value is -2.08. The molecule has 0 bridgehead atoms. The number of alkyl halides is 2. The second-order valence-corrected chi connectivity index (χ2v) is 5.56. The zero-order valence-corrected chi connectivity index (χ0v) is 14.4. The summed E-state index contributed by atoms with van der Waals surface area (Å²) in [5.74, 6) is 2.14. The Labute approximate surface area is 140 Å². The van der Waals surface area contributed by atoms with Gasteiger partial charge in [0.25, 0.3) is 0 Å². The normalized spacial score (nSPS) is 12.5. The van der Waals surface area contributed by atoms with Crippen LogP contribution in [0.25, 0.3) is 0 Å². The van der Waals surface area contributed by atoms with E-state index in [4.69, 9.17) is 9.15 Å². The van der Waals surface area contributed by atoms with Crippen molar-refractivity contribution in [3.8, 4) is 11.5 Å². The molecule has 0 amide bonds. The summed E-state index contributed by atoms with van der Waals surface area (Å²) in [6.45, 7) is 5.77. The molecule has 2 rings (SSSR count). The Kier molecular flexibility index (Phi) is 6.20. The Balaban J connectivity index is 2.06. The first kappa shape index (κ1) is 18.3. The standard InChI is InChI=1S/C18H23F2NO3/c1-5-22-17-9-14(6-7-16(17)24-18(19)20)10-21-12(3)15-8-11(2)23-13(15)4/h6-9,12,18,21H,5,10H2,1-4H3. The number of hydrogen-bond acceptors (Lipinski definition) is 4. The molecule has 1 atom stereocenters. The van der Waals surface area contributed by atoms with Crippen LogP contribution in [0.4, 0.5) is 8.78 Å². The van der Waals surface area contributed by atoms with E-state index in [1.54, 1.807) is 19.1 Å². The molecule has 0 saturated carbocycles. The smallest absolute Gasteiger partial charge is 0.387 e. The summed E-state index contributed by atoms with van der Waals surface area (Å²) in [7, 11) is 0. The van der Waals surface area contributed by atoms with Gasteiger partial charge in [0.15, 0.2) is 11.5 Å². The van der Waals surface area contributed by atoms with Crippen LogP contribution in [0.1, 0.15) is 42.5 Å². The van der Waals surface area contributed by atoms with Crippen molar-refractivity contribution in [1.82, 2.24) is 5.32 Å². The fraction of sp³-hybridized carbons (Fsp3) is 0.444. The summed E-state index contributed by atoms with van der Waals surface area (Å²) >= 11 is 0. The Morgan fingerprint density at radius 3 is 2.50 bits per heavy atom. The minimum absolute atomic E-state index is 0.0463. The van der Waals surface area contributed by atoms with Gasteiger partial charge in [-0.3, -0.25) is 0 Å². The fourth-order valence-electron chi connectivity index (χ4n) is 2.59. The molecule has 0 aliphatic rings. The van der Waals surface area contributed by atoms with Crippen molar-refractivity contribution >= 4 is 0 Å². The number of benzene rings is 1. The van der Waals surface area contributed by atoms with Crippen molar-refractivity contribution in [1.29, 1.82) is 0 Å². The van der Waals surface area contributed by atoms with Gasteiger partial charge in [0.05, 0.1) is 6.61 Å². The summed E-state index contributed by atoms with van der Waals surface area (Å²) in [4.78, 5) is 0. The minimum atomic E-state index is -2.87. The van der Waals surface area contributed by atoms with E-state index in [1.165, 1.54) is 6.07 Å². The highest BCUT2D eigenvalue weighted by Crippen LogP contribution is 2.30. The van der Waals surface area contributed by atoms with Gasteiger partial charge in [0.2, 0.25) is 0 Å². The highest BCUT2D eigenvalue weighted by atomic mass is 19.3. The topological polar surface area (TPSA) is 43.6 Å². The van der Waals surface area contributed by atoms with Crippen molar-refractivity contribution in [3.63, 3.8) is 0 Å². The van der Waals surface area contributed by atoms with Crippen LogP contribution >= 0.6 is 0 Å². The zero-order valence-electron chi connectivity index (χ0n) is 14.4. The maximum Gasteiger partial charge on any atom is 0.387 e. The molecule has 2 aromatic rings.